The molecule has 1 unspecified atom stereocenters. The number of aryl methyl sites for hydroxylation is 2. The van der Waals surface area contributed by atoms with Crippen molar-refractivity contribution in [3.05, 3.63) is 65.2 Å². The molecule has 0 bridgehead atoms. The SMILES string of the molecule is CCc1ccc(N(CC(=O)NC(C)c2ccc(C)cc2)S(C)(=O)=O)cc1. The van der Waals surface area contributed by atoms with Gasteiger partial charge in [0, 0.05) is 0 Å². The third-order valence-electron chi connectivity index (χ3n) is 4.27. The van der Waals surface area contributed by atoms with Crippen LogP contribution in [0, 0.1) is 6.92 Å². The van der Waals surface area contributed by atoms with E-state index in [1.807, 2.05) is 57.2 Å². The molecule has 0 aliphatic rings. The molecule has 0 aliphatic heterocycles. The summed E-state index contributed by atoms with van der Waals surface area (Å²) >= 11 is 0. The largest absolute Gasteiger partial charge is 0.348 e. The highest BCUT2D eigenvalue weighted by Crippen LogP contribution is 2.19. The number of hydrogen-bond acceptors (Lipinski definition) is 3. The molecule has 1 amide bonds. The minimum atomic E-state index is -3.57. The second-order valence-corrected chi connectivity index (χ2v) is 8.40. The summed E-state index contributed by atoms with van der Waals surface area (Å²) in [6.07, 6.45) is 1.98. The Bertz CT molecular complexity index is 844. The van der Waals surface area contributed by atoms with Crippen molar-refractivity contribution in [1.82, 2.24) is 5.32 Å². The van der Waals surface area contributed by atoms with Crippen LogP contribution in [0.2, 0.25) is 0 Å². The van der Waals surface area contributed by atoms with E-state index in [2.05, 4.69) is 5.32 Å². The summed E-state index contributed by atoms with van der Waals surface area (Å²) in [5.41, 5.74) is 3.72. The van der Waals surface area contributed by atoms with Crippen LogP contribution in [0.1, 0.15) is 36.6 Å². The Morgan fingerprint density at radius 3 is 2.15 bits per heavy atom. The van der Waals surface area contributed by atoms with Gasteiger partial charge in [0.2, 0.25) is 15.9 Å². The minimum Gasteiger partial charge on any atom is -0.348 e. The molecule has 0 saturated heterocycles. The van der Waals surface area contributed by atoms with Crippen molar-refractivity contribution in [3.8, 4) is 0 Å². The first-order chi connectivity index (χ1) is 12.2. The van der Waals surface area contributed by atoms with E-state index in [9.17, 15) is 13.2 Å². The lowest BCUT2D eigenvalue weighted by Crippen LogP contribution is -2.41. The lowest BCUT2D eigenvalue weighted by Gasteiger charge is -2.23. The van der Waals surface area contributed by atoms with Crippen LogP contribution in [-0.4, -0.2) is 27.1 Å². The van der Waals surface area contributed by atoms with Crippen LogP contribution in [0.3, 0.4) is 0 Å². The van der Waals surface area contributed by atoms with Gasteiger partial charge in [-0.25, -0.2) is 8.42 Å². The fourth-order valence-electron chi connectivity index (χ4n) is 2.65. The highest BCUT2D eigenvalue weighted by Gasteiger charge is 2.21. The van der Waals surface area contributed by atoms with E-state index in [1.54, 1.807) is 12.1 Å². The number of rotatable bonds is 7. The lowest BCUT2D eigenvalue weighted by atomic mass is 10.1. The number of sulfonamides is 1. The number of benzene rings is 2. The monoisotopic (exact) mass is 374 g/mol. The van der Waals surface area contributed by atoms with Crippen LogP contribution < -0.4 is 9.62 Å². The maximum absolute atomic E-state index is 12.4. The zero-order valence-electron chi connectivity index (χ0n) is 15.7. The van der Waals surface area contributed by atoms with Gasteiger partial charge in [0.15, 0.2) is 0 Å². The van der Waals surface area contributed by atoms with Gasteiger partial charge in [-0.1, -0.05) is 48.9 Å². The molecule has 5 nitrogen and oxygen atoms in total. The second kappa shape index (κ2) is 8.36. The summed E-state index contributed by atoms with van der Waals surface area (Å²) in [6, 6.07) is 14.9. The van der Waals surface area contributed by atoms with Gasteiger partial charge in [-0.15, -0.1) is 0 Å². The molecule has 2 aromatic carbocycles. The molecule has 0 fully saturated rings. The van der Waals surface area contributed by atoms with E-state index in [-0.39, 0.29) is 18.5 Å². The number of nitrogens with zero attached hydrogens (tertiary/aromatic N) is 1. The van der Waals surface area contributed by atoms with Crippen molar-refractivity contribution in [2.24, 2.45) is 0 Å². The minimum absolute atomic E-state index is 0.202. The second-order valence-electron chi connectivity index (χ2n) is 6.49. The molecule has 1 N–H and O–H groups in total. The average molecular weight is 375 g/mol. The number of carbonyl (C=O) groups excluding carboxylic acids is 1. The Labute approximate surface area is 156 Å². The molecule has 0 heterocycles. The Balaban J connectivity index is 2.12. The first kappa shape index (κ1) is 20.0. The van der Waals surface area contributed by atoms with E-state index in [0.29, 0.717) is 5.69 Å². The first-order valence-corrected chi connectivity index (χ1v) is 10.5. The predicted molar refractivity (Wildman–Crippen MR) is 106 cm³/mol. The van der Waals surface area contributed by atoms with Gasteiger partial charge in [-0.2, -0.15) is 0 Å². The Kier molecular flexibility index (Phi) is 6.42. The summed E-state index contributed by atoms with van der Waals surface area (Å²) < 4.78 is 25.5. The van der Waals surface area contributed by atoms with Crippen molar-refractivity contribution in [3.63, 3.8) is 0 Å². The Morgan fingerprint density at radius 1 is 1.08 bits per heavy atom. The standard InChI is InChI=1S/C20H26N2O3S/c1-5-17-8-12-19(13-9-17)22(26(4,24)25)14-20(23)21-16(3)18-10-6-15(2)7-11-18/h6-13,16H,5,14H2,1-4H3,(H,21,23). The molecule has 0 aromatic heterocycles. The highest BCUT2D eigenvalue weighted by molar-refractivity contribution is 7.92. The summed E-state index contributed by atoms with van der Waals surface area (Å²) in [6.45, 7) is 5.66. The maximum Gasteiger partial charge on any atom is 0.241 e. The number of amides is 1. The van der Waals surface area contributed by atoms with Gasteiger partial charge in [0.25, 0.3) is 0 Å². The molecule has 140 valence electrons. The fourth-order valence-corrected chi connectivity index (χ4v) is 3.51. The summed E-state index contributed by atoms with van der Waals surface area (Å²) in [7, 11) is -3.57. The van der Waals surface area contributed by atoms with Crippen molar-refractivity contribution < 1.29 is 13.2 Å². The number of anilines is 1. The number of nitrogens with one attached hydrogen (secondary N) is 1. The normalized spacial score (nSPS) is 12.5. The summed E-state index contributed by atoms with van der Waals surface area (Å²) in [5.74, 6) is -0.344. The van der Waals surface area contributed by atoms with Gasteiger partial charge in [0.05, 0.1) is 18.0 Å². The first-order valence-electron chi connectivity index (χ1n) is 8.63. The quantitative estimate of drug-likeness (QED) is 0.809. The van der Waals surface area contributed by atoms with Crippen molar-refractivity contribution in [2.75, 3.05) is 17.1 Å². The molecule has 2 aromatic rings. The zero-order chi connectivity index (χ0) is 19.3. The lowest BCUT2D eigenvalue weighted by molar-refractivity contribution is -0.120. The molecule has 0 spiro atoms. The third kappa shape index (κ3) is 5.33. The highest BCUT2D eigenvalue weighted by atomic mass is 32.2. The topological polar surface area (TPSA) is 66.5 Å². The molecule has 26 heavy (non-hydrogen) atoms. The fraction of sp³-hybridized carbons (Fsp3) is 0.350. The zero-order valence-corrected chi connectivity index (χ0v) is 16.5. The molecule has 0 saturated carbocycles. The van der Waals surface area contributed by atoms with Crippen LogP contribution in [0.4, 0.5) is 5.69 Å². The smallest absolute Gasteiger partial charge is 0.241 e. The Hall–Kier alpha value is -2.34. The van der Waals surface area contributed by atoms with E-state index < -0.39 is 10.0 Å². The van der Waals surface area contributed by atoms with Crippen LogP contribution in [0.15, 0.2) is 48.5 Å². The van der Waals surface area contributed by atoms with Gasteiger partial charge < -0.3 is 5.32 Å². The van der Waals surface area contributed by atoms with Crippen molar-refractivity contribution in [1.29, 1.82) is 0 Å². The van der Waals surface area contributed by atoms with Crippen LogP contribution in [0.5, 0.6) is 0 Å². The molecular formula is C20H26N2O3S. The number of hydrogen-bond donors (Lipinski definition) is 1. The van der Waals surface area contributed by atoms with E-state index in [1.165, 1.54) is 0 Å². The predicted octanol–water partition coefficient (Wildman–Crippen LogP) is 3.20. The van der Waals surface area contributed by atoms with E-state index >= 15 is 0 Å². The molecular weight excluding hydrogens is 348 g/mol. The van der Waals surface area contributed by atoms with Crippen LogP contribution >= 0.6 is 0 Å². The van der Waals surface area contributed by atoms with E-state index in [0.717, 1.165) is 33.7 Å². The van der Waals surface area contributed by atoms with Crippen LogP contribution in [0.25, 0.3) is 0 Å². The van der Waals surface area contributed by atoms with Gasteiger partial charge in [-0.3, -0.25) is 9.10 Å². The van der Waals surface area contributed by atoms with Gasteiger partial charge in [0.1, 0.15) is 6.54 Å². The van der Waals surface area contributed by atoms with Crippen LogP contribution in [-0.2, 0) is 21.2 Å². The van der Waals surface area contributed by atoms with Gasteiger partial charge >= 0.3 is 0 Å². The third-order valence-corrected chi connectivity index (χ3v) is 5.42. The molecule has 1 atom stereocenters. The molecule has 6 heteroatoms. The van der Waals surface area contributed by atoms with Crippen molar-refractivity contribution in [2.45, 2.75) is 33.2 Å². The molecule has 0 radical (unpaired) electrons. The van der Waals surface area contributed by atoms with E-state index in [4.69, 9.17) is 0 Å². The van der Waals surface area contributed by atoms with Gasteiger partial charge in [-0.05, 0) is 43.5 Å². The average Bonchev–Trinajstić information content (AvgIpc) is 2.59. The number of carbonyl (C=O) groups is 1. The van der Waals surface area contributed by atoms with Crippen molar-refractivity contribution >= 4 is 21.6 Å². The summed E-state index contributed by atoms with van der Waals surface area (Å²) in [5, 5.41) is 2.87. The molecule has 2 rings (SSSR count). The molecule has 0 aliphatic carbocycles. The maximum atomic E-state index is 12.4. The summed E-state index contributed by atoms with van der Waals surface area (Å²) in [4.78, 5) is 12.4. The Morgan fingerprint density at radius 2 is 1.65 bits per heavy atom.